The quantitative estimate of drug-likeness (QED) is 0.648. The SMILES string of the molecule is Cl.Fc1cnccc1/C=C/c1ccc2ccccc2c1. The van der Waals surface area contributed by atoms with Gasteiger partial charge in [0.1, 0.15) is 5.82 Å². The van der Waals surface area contributed by atoms with Gasteiger partial charge in [-0.1, -0.05) is 48.6 Å². The van der Waals surface area contributed by atoms with Crippen LogP contribution in [0.1, 0.15) is 11.1 Å². The van der Waals surface area contributed by atoms with Gasteiger partial charge in [-0.3, -0.25) is 4.98 Å². The zero-order valence-corrected chi connectivity index (χ0v) is 11.5. The van der Waals surface area contributed by atoms with Gasteiger partial charge in [0, 0.05) is 11.8 Å². The molecule has 0 atom stereocenters. The molecule has 0 radical (unpaired) electrons. The number of aromatic nitrogens is 1. The minimum Gasteiger partial charge on any atom is -0.262 e. The number of benzene rings is 2. The summed E-state index contributed by atoms with van der Waals surface area (Å²) in [5, 5.41) is 2.38. The monoisotopic (exact) mass is 285 g/mol. The van der Waals surface area contributed by atoms with Gasteiger partial charge in [0.25, 0.3) is 0 Å². The zero-order valence-electron chi connectivity index (χ0n) is 10.7. The summed E-state index contributed by atoms with van der Waals surface area (Å²) in [5.74, 6) is -0.306. The van der Waals surface area contributed by atoms with Crippen molar-refractivity contribution in [1.29, 1.82) is 0 Å². The van der Waals surface area contributed by atoms with Crippen LogP contribution >= 0.6 is 12.4 Å². The van der Waals surface area contributed by atoms with Crippen molar-refractivity contribution in [1.82, 2.24) is 4.98 Å². The summed E-state index contributed by atoms with van der Waals surface area (Å²) < 4.78 is 13.4. The van der Waals surface area contributed by atoms with Gasteiger partial charge in [0.05, 0.1) is 6.20 Å². The fraction of sp³-hybridized carbons (Fsp3) is 0. The molecule has 0 aliphatic rings. The van der Waals surface area contributed by atoms with Crippen molar-refractivity contribution in [2.24, 2.45) is 0 Å². The molecule has 2 aromatic carbocycles. The number of fused-ring (bicyclic) bond motifs is 1. The third-order valence-electron chi connectivity index (χ3n) is 3.03. The van der Waals surface area contributed by atoms with Gasteiger partial charge < -0.3 is 0 Å². The van der Waals surface area contributed by atoms with Crippen LogP contribution in [0.25, 0.3) is 22.9 Å². The Balaban J connectivity index is 0.00000147. The van der Waals surface area contributed by atoms with Crippen LogP contribution < -0.4 is 0 Å². The molecule has 0 aliphatic heterocycles. The summed E-state index contributed by atoms with van der Waals surface area (Å²) in [5.41, 5.74) is 1.60. The molecular weight excluding hydrogens is 273 g/mol. The van der Waals surface area contributed by atoms with Crippen LogP contribution in [0.2, 0.25) is 0 Å². The van der Waals surface area contributed by atoms with E-state index in [0.29, 0.717) is 5.56 Å². The summed E-state index contributed by atoms with van der Waals surface area (Å²) in [6, 6.07) is 16.0. The lowest BCUT2D eigenvalue weighted by atomic mass is 10.1. The van der Waals surface area contributed by atoms with E-state index in [0.717, 1.165) is 5.56 Å². The normalized spacial score (nSPS) is 10.7. The Kier molecular flexibility index (Phi) is 4.49. The maximum Gasteiger partial charge on any atom is 0.148 e. The Morgan fingerprint density at radius 2 is 1.70 bits per heavy atom. The third-order valence-corrected chi connectivity index (χ3v) is 3.03. The van der Waals surface area contributed by atoms with E-state index in [2.05, 4.69) is 29.2 Å². The van der Waals surface area contributed by atoms with Gasteiger partial charge in [-0.25, -0.2) is 4.39 Å². The zero-order chi connectivity index (χ0) is 13.1. The van der Waals surface area contributed by atoms with Gasteiger partial charge in [-0.05, 0) is 28.5 Å². The molecule has 20 heavy (non-hydrogen) atoms. The van der Waals surface area contributed by atoms with Gasteiger partial charge in [-0.15, -0.1) is 12.4 Å². The lowest BCUT2D eigenvalue weighted by Gasteiger charge is -1.99. The van der Waals surface area contributed by atoms with Crippen LogP contribution in [0.15, 0.2) is 60.9 Å². The first-order chi connectivity index (χ1) is 9.33. The minimum absolute atomic E-state index is 0. The summed E-state index contributed by atoms with van der Waals surface area (Å²) in [4.78, 5) is 3.73. The molecule has 3 heteroatoms. The van der Waals surface area contributed by atoms with Gasteiger partial charge in [-0.2, -0.15) is 0 Å². The van der Waals surface area contributed by atoms with E-state index >= 15 is 0 Å². The molecule has 3 aromatic rings. The summed E-state index contributed by atoms with van der Waals surface area (Å²) in [6.07, 6.45) is 6.48. The maximum absolute atomic E-state index is 13.4. The summed E-state index contributed by atoms with van der Waals surface area (Å²) in [6.45, 7) is 0. The van der Waals surface area contributed by atoms with Crippen LogP contribution in [0.4, 0.5) is 4.39 Å². The average Bonchev–Trinajstić information content (AvgIpc) is 2.46. The van der Waals surface area contributed by atoms with E-state index in [9.17, 15) is 4.39 Å². The molecule has 0 bridgehead atoms. The molecule has 0 fully saturated rings. The van der Waals surface area contributed by atoms with E-state index in [4.69, 9.17) is 0 Å². The lowest BCUT2D eigenvalue weighted by molar-refractivity contribution is 0.618. The molecule has 1 nitrogen and oxygen atoms in total. The van der Waals surface area contributed by atoms with E-state index in [1.54, 1.807) is 18.3 Å². The van der Waals surface area contributed by atoms with Crippen LogP contribution in [-0.4, -0.2) is 4.98 Å². The Morgan fingerprint density at radius 1 is 0.900 bits per heavy atom. The van der Waals surface area contributed by atoms with Crippen molar-refractivity contribution < 1.29 is 4.39 Å². The Morgan fingerprint density at radius 3 is 2.50 bits per heavy atom. The molecule has 0 spiro atoms. The minimum atomic E-state index is -0.306. The maximum atomic E-state index is 13.4. The predicted molar refractivity (Wildman–Crippen MR) is 84.3 cm³/mol. The Bertz CT molecular complexity index is 753. The fourth-order valence-electron chi connectivity index (χ4n) is 2.02. The molecule has 1 aromatic heterocycles. The van der Waals surface area contributed by atoms with Crippen LogP contribution in [-0.2, 0) is 0 Å². The molecular formula is C17H13ClFN. The first-order valence-corrected chi connectivity index (χ1v) is 6.09. The second kappa shape index (κ2) is 6.31. The van der Waals surface area contributed by atoms with Crippen LogP contribution in [0.5, 0.6) is 0 Å². The van der Waals surface area contributed by atoms with Crippen molar-refractivity contribution in [2.75, 3.05) is 0 Å². The van der Waals surface area contributed by atoms with Crippen molar-refractivity contribution in [2.45, 2.75) is 0 Å². The number of hydrogen-bond acceptors (Lipinski definition) is 1. The fourth-order valence-corrected chi connectivity index (χ4v) is 2.02. The van der Waals surface area contributed by atoms with Crippen molar-refractivity contribution in [3.05, 3.63) is 77.9 Å². The lowest BCUT2D eigenvalue weighted by Crippen LogP contribution is -1.82. The smallest absolute Gasteiger partial charge is 0.148 e. The topological polar surface area (TPSA) is 12.9 Å². The molecule has 3 rings (SSSR count). The molecule has 100 valence electrons. The summed E-state index contributed by atoms with van der Waals surface area (Å²) >= 11 is 0. The van der Waals surface area contributed by atoms with E-state index in [1.807, 2.05) is 24.3 Å². The molecule has 0 amide bonds. The van der Waals surface area contributed by atoms with E-state index < -0.39 is 0 Å². The van der Waals surface area contributed by atoms with E-state index in [-0.39, 0.29) is 18.2 Å². The van der Waals surface area contributed by atoms with Crippen LogP contribution in [0.3, 0.4) is 0 Å². The van der Waals surface area contributed by atoms with Gasteiger partial charge >= 0.3 is 0 Å². The molecule has 0 saturated heterocycles. The first kappa shape index (κ1) is 14.2. The van der Waals surface area contributed by atoms with Crippen molar-refractivity contribution in [3.63, 3.8) is 0 Å². The van der Waals surface area contributed by atoms with Gasteiger partial charge in [0.15, 0.2) is 0 Å². The summed E-state index contributed by atoms with van der Waals surface area (Å²) in [7, 11) is 0. The van der Waals surface area contributed by atoms with Crippen molar-refractivity contribution in [3.8, 4) is 0 Å². The van der Waals surface area contributed by atoms with E-state index in [1.165, 1.54) is 17.0 Å². The molecule has 1 heterocycles. The highest BCUT2D eigenvalue weighted by Gasteiger charge is 1.97. The van der Waals surface area contributed by atoms with Gasteiger partial charge in [0.2, 0.25) is 0 Å². The second-order valence-corrected chi connectivity index (χ2v) is 4.34. The molecule has 0 unspecified atom stereocenters. The van der Waals surface area contributed by atoms with Crippen LogP contribution in [0, 0.1) is 5.82 Å². The number of pyridine rings is 1. The Labute approximate surface area is 123 Å². The number of nitrogens with zero attached hydrogens (tertiary/aromatic N) is 1. The highest BCUT2D eigenvalue weighted by molar-refractivity contribution is 5.86. The average molecular weight is 286 g/mol. The molecule has 0 aliphatic carbocycles. The largest absolute Gasteiger partial charge is 0.262 e. The second-order valence-electron chi connectivity index (χ2n) is 4.34. The third kappa shape index (κ3) is 3.03. The highest BCUT2D eigenvalue weighted by atomic mass is 35.5. The number of rotatable bonds is 2. The predicted octanol–water partition coefficient (Wildman–Crippen LogP) is 4.97. The molecule has 0 saturated carbocycles. The molecule has 0 N–H and O–H groups in total. The standard InChI is InChI=1S/C17H12FN.ClH/c18-17-12-19-10-9-15(17)8-6-13-5-7-14-3-1-2-4-16(14)11-13;/h1-12H;1H/b8-6+;. The highest BCUT2D eigenvalue weighted by Crippen LogP contribution is 2.17. The number of halogens is 2. The number of hydrogen-bond donors (Lipinski definition) is 0. The Hall–Kier alpha value is -2.19. The van der Waals surface area contributed by atoms with Crippen molar-refractivity contribution >= 4 is 35.3 Å². The first-order valence-electron chi connectivity index (χ1n) is 6.09.